The lowest BCUT2D eigenvalue weighted by Gasteiger charge is -2.35. The molecule has 2 heterocycles. The van der Waals surface area contributed by atoms with Crippen LogP contribution in [0.5, 0.6) is 0 Å². The monoisotopic (exact) mass is 343 g/mol. The van der Waals surface area contributed by atoms with Gasteiger partial charge in [-0.1, -0.05) is 29.8 Å². The van der Waals surface area contributed by atoms with Gasteiger partial charge in [0.05, 0.1) is 5.92 Å². The Labute approximate surface area is 150 Å². The van der Waals surface area contributed by atoms with Crippen molar-refractivity contribution in [3.05, 3.63) is 35.4 Å². The first kappa shape index (κ1) is 17.9. The number of carbonyl (C=O) groups excluding carboxylic acids is 2. The normalized spacial score (nSPS) is 23.2. The van der Waals surface area contributed by atoms with E-state index in [0.717, 1.165) is 31.5 Å². The van der Waals surface area contributed by atoms with Crippen molar-refractivity contribution in [2.75, 3.05) is 19.6 Å². The Bertz CT molecular complexity index is 618. The van der Waals surface area contributed by atoms with Gasteiger partial charge in [-0.25, -0.2) is 0 Å². The van der Waals surface area contributed by atoms with E-state index in [1.807, 2.05) is 23.6 Å². The fourth-order valence-corrected chi connectivity index (χ4v) is 3.91. The van der Waals surface area contributed by atoms with Crippen LogP contribution in [-0.2, 0) is 16.1 Å². The van der Waals surface area contributed by atoms with E-state index in [-0.39, 0.29) is 23.8 Å². The predicted molar refractivity (Wildman–Crippen MR) is 97.7 cm³/mol. The lowest BCUT2D eigenvalue weighted by molar-refractivity contribution is -0.137. The Morgan fingerprint density at radius 1 is 1.24 bits per heavy atom. The molecule has 2 amide bonds. The van der Waals surface area contributed by atoms with Crippen molar-refractivity contribution in [2.24, 2.45) is 17.6 Å². The first-order valence-electron chi connectivity index (χ1n) is 9.31. The van der Waals surface area contributed by atoms with E-state index in [4.69, 9.17) is 5.73 Å². The molecule has 0 aliphatic carbocycles. The number of amides is 2. The smallest absolute Gasteiger partial charge is 0.227 e. The molecule has 1 aromatic carbocycles. The fourth-order valence-electron chi connectivity index (χ4n) is 3.91. The summed E-state index contributed by atoms with van der Waals surface area (Å²) < 4.78 is 0. The van der Waals surface area contributed by atoms with Crippen LogP contribution >= 0.6 is 0 Å². The molecule has 0 saturated carbocycles. The second-order valence-electron chi connectivity index (χ2n) is 7.68. The van der Waals surface area contributed by atoms with E-state index >= 15 is 0 Å². The number of nitrogens with zero attached hydrogens (tertiary/aromatic N) is 2. The molecule has 1 aromatic rings. The topological polar surface area (TPSA) is 66.6 Å². The number of nitrogens with two attached hydrogens (primary N) is 1. The number of piperidine rings is 1. The molecule has 5 nitrogen and oxygen atoms in total. The number of rotatable bonds is 4. The Balaban J connectivity index is 1.55. The van der Waals surface area contributed by atoms with Crippen molar-refractivity contribution >= 4 is 11.8 Å². The molecule has 2 N–H and O–H groups in total. The zero-order valence-corrected chi connectivity index (χ0v) is 15.3. The molecule has 2 fully saturated rings. The van der Waals surface area contributed by atoms with Crippen LogP contribution in [0.3, 0.4) is 0 Å². The summed E-state index contributed by atoms with van der Waals surface area (Å²) in [4.78, 5) is 28.9. The van der Waals surface area contributed by atoms with Crippen LogP contribution in [0.4, 0.5) is 0 Å². The average molecular weight is 343 g/mol. The molecule has 5 heteroatoms. The molecule has 3 rings (SSSR count). The summed E-state index contributed by atoms with van der Waals surface area (Å²) in [5, 5.41) is 0. The maximum absolute atomic E-state index is 12.8. The summed E-state index contributed by atoms with van der Waals surface area (Å²) in [5.74, 6) is 0.546. The van der Waals surface area contributed by atoms with Gasteiger partial charge in [0.1, 0.15) is 0 Å². The number of likely N-dealkylation sites (tertiary alicyclic amines) is 2. The number of hydrogen-bond donors (Lipinski definition) is 1. The van der Waals surface area contributed by atoms with Gasteiger partial charge in [0.25, 0.3) is 0 Å². The third-order valence-electron chi connectivity index (χ3n) is 5.65. The van der Waals surface area contributed by atoms with E-state index in [2.05, 4.69) is 24.3 Å². The maximum atomic E-state index is 12.8. The molecule has 0 bridgehead atoms. The summed E-state index contributed by atoms with van der Waals surface area (Å²) in [6.45, 7) is 6.77. The van der Waals surface area contributed by atoms with Gasteiger partial charge in [0.15, 0.2) is 0 Å². The van der Waals surface area contributed by atoms with E-state index in [1.54, 1.807) is 0 Å². The van der Waals surface area contributed by atoms with E-state index in [1.165, 1.54) is 5.56 Å². The quantitative estimate of drug-likeness (QED) is 0.908. The van der Waals surface area contributed by atoms with Crippen LogP contribution in [0.25, 0.3) is 0 Å². The van der Waals surface area contributed by atoms with Gasteiger partial charge < -0.3 is 15.5 Å². The van der Waals surface area contributed by atoms with Crippen LogP contribution in [0.2, 0.25) is 0 Å². The summed E-state index contributed by atoms with van der Waals surface area (Å²) in [6, 6.07) is 8.41. The van der Waals surface area contributed by atoms with Crippen molar-refractivity contribution in [1.29, 1.82) is 0 Å². The molecule has 2 unspecified atom stereocenters. The molecule has 0 aromatic heterocycles. The highest BCUT2D eigenvalue weighted by Crippen LogP contribution is 2.26. The molecule has 0 radical (unpaired) electrons. The lowest BCUT2D eigenvalue weighted by Crippen LogP contribution is -2.45. The number of benzene rings is 1. The van der Waals surface area contributed by atoms with Crippen LogP contribution in [0, 0.1) is 18.8 Å². The highest BCUT2D eigenvalue weighted by Gasteiger charge is 2.37. The fraction of sp³-hybridized carbons (Fsp3) is 0.600. The minimum Gasteiger partial charge on any atom is -0.342 e. The molecular formula is C20H29N3O2. The van der Waals surface area contributed by atoms with Crippen molar-refractivity contribution < 1.29 is 9.59 Å². The minimum atomic E-state index is -0.190. The summed E-state index contributed by atoms with van der Waals surface area (Å²) >= 11 is 0. The van der Waals surface area contributed by atoms with Crippen molar-refractivity contribution in [3.8, 4) is 0 Å². The second-order valence-corrected chi connectivity index (χ2v) is 7.68. The third-order valence-corrected chi connectivity index (χ3v) is 5.65. The summed E-state index contributed by atoms with van der Waals surface area (Å²) in [5.41, 5.74) is 8.30. The number of hydrogen-bond acceptors (Lipinski definition) is 3. The Hall–Kier alpha value is -1.88. The van der Waals surface area contributed by atoms with Crippen LogP contribution in [-0.4, -0.2) is 47.3 Å². The Kier molecular flexibility index (Phi) is 5.42. The molecule has 136 valence electrons. The minimum absolute atomic E-state index is 0.0874. The van der Waals surface area contributed by atoms with Gasteiger partial charge in [-0.3, -0.25) is 9.59 Å². The lowest BCUT2D eigenvalue weighted by atomic mass is 9.90. The Morgan fingerprint density at radius 3 is 2.48 bits per heavy atom. The molecule has 25 heavy (non-hydrogen) atoms. The van der Waals surface area contributed by atoms with Gasteiger partial charge in [-0.15, -0.1) is 0 Å². The van der Waals surface area contributed by atoms with E-state index in [0.29, 0.717) is 25.4 Å². The predicted octanol–water partition coefficient (Wildman–Crippen LogP) is 1.93. The van der Waals surface area contributed by atoms with E-state index in [9.17, 15) is 9.59 Å². The van der Waals surface area contributed by atoms with Gasteiger partial charge in [-0.2, -0.15) is 0 Å². The van der Waals surface area contributed by atoms with Crippen molar-refractivity contribution in [2.45, 2.75) is 45.7 Å². The summed E-state index contributed by atoms with van der Waals surface area (Å²) in [6.07, 6.45) is 2.28. The third kappa shape index (κ3) is 4.21. The van der Waals surface area contributed by atoms with Crippen molar-refractivity contribution in [1.82, 2.24) is 9.80 Å². The standard InChI is InChI=1S/C20H29N3O2/c1-14-3-5-16(6-4-14)12-23-13-18(11-19(23)24)20(25)22-9-7-17(8-10-22)15(2)21/h3-6,15,17-18H,7-13,21H2,1-2H3. The van der Waals surface area contributed by atoms with E-state index < -0.39 is 0 Å². The molecule has 2 atom stereocenters. The highest BCUT2D eigenvalue weighted by molar-refractivity contribution is 5.89. The first-order valence-corrected chi connectivity index (χ1v) is 9.31. The van der Waals surface area contributed by atoms with Gasteiger partial charge in [-0.05, 0) is 38.2 Å². The van der Waals surface area contributed by atoms with Gasteiger partial charge in [0.2, 0.25) is 11.8 Å². The van der Waals surface area contributed by atoms with Crippen LogP contribution < -0.4 is 5.73 Å². The average Bonchev–Trinajstić information content (AvgIpc) is 2.97. The second kappa shape index (κ2) is 7.56. The molecular weight excluding hydrogens is 314 g/mol. The van der Waals surface area contributed by atoms with Gasteiger partial charge >= 0.3 is 0 Å². The highest BCUT2D eigenvalue weighted by atomic mass is 16.2. The largest absolute Gasteiger partial charge is 0.342 e. The SMILES string of the molecule is Cc1ccc(CN2CC(C(=O)N3CCC(C(C)N)CC3)CC2=O)cc1. The van der Waals surface area contributed by atoms with Gasteiger partial charge in [0, 0.05) is 38.6 Å². The molecule has 2 aliphatic heterocycles. The van der Waals surface area contributed by atoms with Crippen LogP contribution in [0.1, 0.15) is 37.3 Å². The zero-order valence-electron chi connectivity index (χ0n) is 15.3. The number of aryl methyl sites for hydroxylation is 1. The maximum Gasteiger partial charge on any atom is 0.227 e. The van der Waals surface area contributed by atoms with Crippen molar-refractivity contribution in [3.63, 3.8) is 0 Å². The Morgan fingerprint density at radius 2 is 1.88 bits per heavy atom. The molecule has 0 spiro atoms. The molecule has 2 saturated heterocycles. The van der Waals surface area contributed by atoms with Crippen LogP contribution in [0.15, 0.2) is 24.3 Å². The summed E-state index contributed by atoms with van der Waals surface area (Å²) in [7, 11) is 0. The molecule has 2 aliphatic rings. The zero-order chi connectivity index (χ0) is 18.0. The number of carbonyl (C=O) groups is 2. The first-order chi connectivity index (χ1) is 11.9.